The topological polar surface area (TPSA) is 63.4 Å². The summed E-state index contributed by atoms with van der Waals surface area (Å²) < 4.78 is 26.4. The van der Waals surface area contributed by atoms with E-state index in [1.807, 2.05) is 31.2 Å². The van der Waals surface area contributed by atoms with Gasteiger partial charge in [-0.25, -0.2) is 8.42 Å². The summed E-state index contributed by atoms with van der Waals surface area (Å²) in [4.78, 5) is 1.01. The predicted molar refractivity (Wildman–Crippen MR) is 82.0 cm³/mol. The van der Waals surface area contributed by atoms with Crippen molar-refractivity contribution in [2.24, 2.45) is 5.73 Å². The monoisotopic (exact) mass is 310 g/mol. The van der Waals surface area contributed by atoms with Gasteiger partial charge in [-0.3, -0.25) is 0 Å². The molecule has 4 nitrogen and oxygen atoms in total. The smallest absolute Gasteiger partial charge is 0.244 e. The van der Waals surface area contributed by atoms with Crippen molar-refractivity contribution in [3.8, 4) is 0 Å². The van der Waals surface area contributed by atoms with Crippen LogP contribution in [-0.4, -0.2) is 19.8 Å². The summed E-state index contributed by atoms with van der Waals surface area (Å²) in [5.74, 6) is 0. The zero-order valence-corrected chi connectivity index (χ0v) is 13.2. The van der Waals surface area contributed by atoms with Gasteiger partial charge in [-0.15, -0.1) is 11.3 Å². The van der Waals surface area contributed by atoms with Crippen LogP contribution in [0, 0.1) is 6.92 Å². The van der Waals surface area contributed by atoms with E-state index < -0.39 is 10.0 Å². The minimum atomic E-state index is -3.48. The number of hydrogen-bond donors (Lipinski definition) is 1. The molecule has 1 heterocycles. The highest BCUT2D eigenvalue weighted by Crippen LogP contribution is 2.25. The summed E-state index contributed by atoms with van der Waals surface area (Å²) in [5.41, 5.74) is 7.71. The summed E-state index contributed by atoms with van der Waals surface area (Å²) in [7, 11) is -1.89. The lowest BCUT2D eigenvalue weighted by molar-refractivity contribution is 0.466. The maximum Gasteiger partial charge on any atom is 0.244 e. The number of aryl methyl sites for hydroxylation is 1. The Balaban J connectivity index is 2.23. The average Bonchev–Trinajstić information content (AvgIpc) is 2.90. The molecular weight excluding hydrogens is 292 g/mol. The van der Waals surface area contributed by atoms with Gasteiger partial charge in [0.05, 0.1) is 4.90 Å². The minimum absolute atomic E-state index is 0.241. The Labute approximate surface area is 123 Å². The summed E-state index contributed by atoms with van der Waals surface area (Å²) in [6.07, 6.45) is 0. The fourth-order valence-electron chi connectivity index (χ4n) is 1.91. The molecule has 0 aliphatic carbocycles. The van der Waals surface area contributed by atoms with E-state index >= 15 is 0 Å². The molecule has 1 aromatic heterocycles. The zero-order chi connectivity index (χ0) is 14.8. The van der Waals surface area contributed by atoms with Crippen molar-refractivity contribution >= 4 is 21.4 Å². The quantitative estimate of drug-likeness (QED) is 0.922. The van der Waals surface area contributed by atoms with Crippen LogP contribution in [0.2, 0.25) is 0 Å². The van der Waals surface area contributed by atoms with Gasteiger partial charge in [-0.2, -0.15) is 4.31 Å². The van der Waals surface area contributed by atoms with Crippen LogP contribution in [0.15, 0.2) is 40.6 Å². The average molecular weight is 310 g/mol. The molecule has 1 aromatic carbocycles. The van der Waals surface area contributed by atoms with Crippen molar-refractivity contribution in [2.45, 2.75) is 24.9 Å². The van der Waals surface area contributed by atoms with E-state index in [1.165, 1.54) is 15.6 Å². The predicted octanol–water partition coefficient (Wildman–Crippen LogP) is 2.34. The van der Waals surface area contributed by atoms with Crippen molar-refractivity contribution in [2.75, 3.05) is 7.05 Å². The highest BCUT2D eigenvalue weighted by molar-refractivity contribution is 7.89. The molecule has 6 heteroatoms. The molecule has 0 fully saturated rings. The first-order valence-corrected chi connectivity index (χ1v) is 8.55. The first-order valence-electron chi connectivity index (χ1n) is 6.23. The fraction of sp³-hybridized carbons (Fsp3) is 0.286. The number of sulfonamides is 1. The highest BCUT2D eigenvalue weighted by Gasteiger charge is 2.24. The lowest BCUT2D eigenvalue weighted by Gasteiger charge is -2.17. The third-order valence-corrected chi connectivity index (χ3v) is 6.06. The van der Waals surface area contributed by atoms with E-state index in [9.17, 15) is 8.42 Å². The lowest BCUT2D eigenvalue weighted by atomic mass is 10.1. The van der Waals surface area contributed by atoms with E-state index in [4.69, 9.17) is 5.73 Å². The number of nitrogens with zero attached hydrogens (tertiary/aromatic N) is 1. The Kier molecular flexibility index (Phi) is 4.59. The number of benzene rings is 1. The Morgan fingerprint density at radius 3 is 2.45 bits per heavy atom. The van der Waals surface area contributed by atoms with Gasteiger partial charge in [-0.1, -0.05) is 29.8 Å². The molecule has 0 radical (unpaired) electrons. The molecule has 2 aromatic rings. The largest absolute Gasteiger partial charge is 0.326 e. The third-order valence-electron chi connectivity index (χ3n) is 3.10. The molecule has 2 N–H and O–H groups in total. The van der Waals surface area contributed by atoms with Crippen LogP contribution < -0.4 is 5.73 Å². The van der Waals surface area contributed by atoms with Crippen molar-refractivity contribution in [3.05, 3.63) is 51.7 Å². The van der Waals surface area contributed by atoms with Gasteiger partial charge >= 0.3 is 0 Å². The van der Waals surface area contributed by atoms with Gasteiger partial charge in [0.25, 0.3) is 0 Å². The van der Waals surface area contributed by atoms with Gasteiger partial charge in [0.2, 0.25) is 10.0 Å². The molecule has 0 spiro atoms. The molecule has 0 aliphatic rings. The summed E-state index contributed by atoms with van der Waals surface area (Å²) >= 11 is 1.37. The first-order chi connectivity index (χ1) is 9.45. The Morgan fingerprint density at radius 1 is 1.20 bits per heavy atom. The lowest BCUT2D eigenvalue weighted by Crippen LogP contribution is -2.27. The molecular formula is C14H18N2O2S2. The SMILES string of the molecule is Cc1ccc(CN(C)S(=O)(=O)c2ccsc2CN)cc1. The van der Waals surface area contributed by atoms with E-state index in [0.29, 0.717) is 16.3 Å². The van der Waals surface area contributed by atoms with Crippen LogP contribution in [0.25, 0.3) is 0 Å². The van der Waals surface area contributed by atoms with Gasteiger partial charge < -0.3 is 5.73 Å². The Bertz CT molecular complexity index is 675. The molecule has 0 aliphatic heterocycles. The second-order valence-electron chi connectivity index (χ2n) is 4.66. The molecule has 0 amide bonds. The number of hydrogen-bond acceptors (Lipinski definition) is 4. The maximum atomic E-state index is 12.5. The fourth-order valence-corrected chi connectivity index (χ4v) is 4.37. The van der Waals surface area contributed by atoms with Crippen molar-refractivity contribution in [1.82, 2.24) is 4.31 Å². The summed E-state index contributed by atoms with van der Waals surface area (Å²) in [6, 6.07) is 9.46. The number of rotatable bonds is 5. The van der Waals surface area contributed by atoms with E-state index in [2.05, 4.69) is 0 Å². The molecule has 0 unspecified atom stereocenters. The normalized spacial score (nSPS) is 12.0. The van der Waals surface area contributed by atoms with Crippen LogP contribution in [0.5, 0.6) is 0 Å². The standard InChI is InChI=1S/C14H18N2O2S2/c1-11-3-5-12(6-4-11)10-16(2)20(17,18)14-7-8-19-13(14)9-15/h3-8H,9-10,15H2,1-2H3. The van der Waals surface area contributed by atoms with Gasteiger partial charge in [0.1, 0.15) is 0 Å². The van der Waals surface area contributed by atoms with Gasteiger partial charge in [0.15, 0.2) is 0 Å². The third kappa shape index (κ3) is 3.09. The van der Waals surface area contributed by atoms with E-state index in [0.717, 1.165) is 11.1 Å². The van der Waals surface area contributed by atoms with Crippen LogP contribution in [0.3, 0.4) is 0 Å². The van der Waals surface area contributed by atoms with Crippen LogP contribution in [0.1, 0.15) is 16.0 Å². The van der Waals surface area contributed by atoms with Gasteiger partial charge in [0, 0.05) is 25.0 Å². The van der Waals surface area contributed by atoms with Crippen molar-refractivity contribution in [1.29, 1.82) is 0 Å². The van der Waals surface area contributed by atoms with Crippen molar-refractivity contribution in [3.63, 3.8) is 0 Å². The molecule has 108 valence electrons. The molecule has 0 saturated carbocycles. The maximum absolute atomic E-state index is 12.5. The van der Waals surface area contributed by atoms with Gasteiger partial charge in [-0.05, 0) is 23.9 Å². The molecule has 2 rings (SSSR count). The highest BCUT2D eigenvalue weighted by atomic mass is 32.2. The van der Waals surface area contributed by atoms with Crippen LogP contribution >= 0.6 is 11.3 Å². The summed E-state index contributed by atoms with van der Waals surface area (Å²) in [5, 5.41) is 1.76. The molecule has 0 saturated heterocycles. The summed E-state index contributed by atoms with van der Waals surface area (Å²) in [6.45, 7) is 2.59. The zero-order valence-electron chi connectivity index (χ0n) is 11.5. The second-order valence-corrected chi connectivity index (χ2v) is 7.67. The number of thiophene rings is 1. The Hall–Kier alpha value is -1.21. The van der Waals surface area contributed by atoms with Crippen molar-refractivity contribution < 1.29 is 8.42 Å². The van der Waals surface area contributed by atoms with Crippen LogP contribution in [0.4, 0.5) is 0 Å². The number of nitrogens with two attached hydrogens (primary N) is 1. The van der Waals surface area contributed by atoms with Crippen LogP contribution in [-0.2, 0) is 23.1 Å². The first kappa shape index (κ1) is 15.2. The minimum Gasteiger partial charge on any atom is -0.326 e. The molecule has 20 heavy (non-hydrogen) atoms. The Morgan fingerprint density at radius 2 is 1.85 bits per heavy atom. The van der Waals surface area contributed by atoms with E-state index in [-0.39, 0.29) is 6.54 Å². The molecule has 0 bridgehead atoms. The molecule has 0 atom stereocenters. The van der Waals surface area contributed by atoms with E-state index in [1.54, 1.807) is 18.5 Å². The second kappa shape index (κ2) is 6.05.